The molecule has 1 aromatic carbocycles. The molecule has 144 valence electrons. The normalized spacial score (nSPS) is 15.3. The maximum Gasteiger partial charge on any atom is 0.319 e. The molecule has 27 heavy (non-hydrogen) atoms. The van der Waals surface area contributed by atoms with Crippen LogP contribution in [0.4, 0.5) is 16.2 Å². The van der Waals surface area contributed by atoms with Crippen molar-refractivity contribution in [2.45, 2.75) is 18.9 Å². The lowest BCUT2D eigenvalue weighted by Gasteiger charge is -2.24. The van der Waals surface area contributed by atoms with Gasteiger partial charge in [-0.15, -0.1) is 0 Å². The Labute approximate surface area is 168 Å². The average Bonchev–Trinajstić information content (AvgIpc) is 3.29. The van der Waals surface area contributed by atoms with Crippen LogP contribution in [0.25, 0.3) is 0 Å². The molecule has 1 aliphatic heterocycles. The summed E-state index contributed by atoms with van der Waals surface area (Å²) in [7, 11) is 3.96. The number of benzene rings is 1. The Bertz CT molecular complexity index is 810. The van der Waals surface area contributed by atoms with E-state index < -0.39 is 0 Å². The highest BCUT2D eigenvalue weighted by atomic mass is 35.5. The highest BCUT2D eigenvalue weighted by Crippen LogP contribution is 2.30. The van der Waals surface area contributed by atoms with Crippen molar-refractivity contribution < 1.29 is 9.59 Å². The van der Waals surface area contributed by atoms with Gasteiger partial charge in [0.2, 0.25) is 5.91 Å². The summed E-state index contributed by atoms with van der Waals surface area (Å²) in [4.78, 5) is 28.1. The number of thiophene rings is 1. The number of rotatable bonds is 6. The van der Waals surface area contributed by atoms with Crippen molar-refractivity contribution >= 4 is 46.3 Å². The van der Waals surface area contributed by atoms with Crippen LogP contribution in [0.2, 0.25) is 5.02 Å². The SMILES string of the molecule is CN(C)C(CNC(=O)Nc1cc(N2CCCC2=O)ccc1Cl)c1ccsc1. The van der Waals surface area contributed by atoms with Gasteiger partial charge in [-0.25, -0.2) is 4.79 Å². The predicted molar refractivity (Wildman–Crippen MR) is 111 cm³/mol. The molecule has 6 nitrogen and oxygen atoms in total. The third-order valence-corrected chi connectivity index (χ3v) is 5.62. The first-order chi connectivity index (χ1) is 13.0. The largest absolute Gasteiger partial charge is 0.336 e. The molecule has 3 rings (SSSR count). The second-order valence-corrected chi connectivity index (χ2v) is 7.87. The van der Waals surface area contributed by atoms with Crippen LogP contribution in [0.3, 0.4) is 0 Å². The third-order valence-electron chi connectivity index (χ3n) is 4.59. The highest BCUT2D eigenvalue weighted by molar-refractivity contribution is 7.08. The van der Waals surface area contributed by atoms with Gasteiger partial charge < -0.3 is 20.4 Å². The van der Waals surface area contributed by atoms with Gasteiger partial charge in [0.15, 0.2) is 0 Å². The average molecular weight is 407 g/mol. The standard InChI is InChI=1S/C19H23ClN4O2S/c1-23(2)17(13-7-9-27-12-13)11-21-19(26)22-16-10-14(5-6-15(16)20)24-8-3-4-18(24)25/h5-7,9-10,12,17H,3-4,8,11H2,1-2H3,(H2,21,22,26). The van der Waals surface area contributed by atoms with E-state index in [1.54, 1.807) is 34.4 Å². The van der Waals surface area contributed by atoms with Crippen molar-refractivity contribution in [2.75, 3.05) is 37.4 Å². The fourth-order valence-electron chi connectivity index (χ4n) is 3.12. The molecule has 8 heteroatoms. The van der Waals surface area contributed by atoms with Crippen LogP contribution in [0, 0.1) is 0 Å². The number of amides is 3. The monoisotopic (exact) mass is 406 g/mol. The van der Waals surface area contributed by atoms with Gasteiger partial charge >= 0.3 is 6.03 Å². The summed E-state index contributed by atoms with van der Waals surface area (Å²) in [6.07, 6.45) is 1.40. The minimum Gasteiger partial charge on any atom is -0.336 e. The van der Waals surface area contributed by atoms with Crippen LogP contribution in [0.1, 0.15) is 24.4 Å². The van der Waals surface area contributed by atoms with Crippen LogP contribution < -0.4 is 15.5 Å². The number of halogens is 1. The topological polar surface area (TPSA) is 64.7 Å². The first kappa shape index (κ1) is 19.7. The molecule has 0 aliphatic carbocycles. The lowest BCUT2D eigenvalue weighted by Crippen LogP contribution is -2.36. The lowest BCUT2D eigenvalue weighted by atomic mass is 10.1. The van der Waals surface area contributed by atoms with Gasteiger partial charge in [-0.05, 0) is 61.1 Å². The van der Waals surface area contributed by atoms with Gasteiger partial charge in [0.05, 0.1) is 16.8 Å². The van der Waals surface area contributed by atoms with Gasteiger partial charge in [-0.2, -0.15) is 11.3 Å². The van der Waals surface area contributed by atoms with Crippen LogP contribution in [0.5, 0.6) is 0 Å². The highest BCUT2D eigenvalue weighted by Gasteiger charge is 2.22. The molecule has 0 saturated carbocycles. The van der Waals surface area contributed by atoms with Crippen molar-refractivity contribution in [3.05, 3.63) is 45.6 Å². The first-order valence-electron chi connectivity index (χ1n) is 8.79. The molecule has 1 unspecified atom stereocenters. The van der Waals surface area contributed by atoms with E-state index in [-0.39, 0.29) is 18.0 Å². The minimum absolute atomic E-state index is 0.0889. The van der Waals surface area contributed by atoms with Crippen molar-refractivity contribution in [3.8, 4) is 0 Å². The van der Waals surface area contributed by atoms with Gasteiger partial charge in [0.1, 0.15) is 0 Å². The molecule has 0 bridgehead atoms. The van der Waals surface area contributed by atoms with Crippen LogP contribution in [-0.4, -0.2) is 44.0 Å². The zero-order valence-electron chi connectivity index (χ0n) is 15.4. The van der Waals surface area contributed by atoms with Crippen LogP contribution in [0.15, 0.2) is 35.0 Å². The Kier molecular flexibility index (Phi) is 6.36. The lowest BCUT2D eigenvalue weighted by molar-refractivity contribution is -0.117. The molecule has 1 aromatic heterocycles. The van der Waals surface area contributed by atoms with E-state index in [1.807, 2.05) is 19.5 Å². The number of hydrogen-bond donors (Lipinski definition) is 2. The summed E-state index contributed by atoms with van der Waals surface area (Å²) in [5.41, 5.74) is 2.41. The van der Waals surface area contributed by atoms with Gasteiger partial charge in [-0.1, -0.05) is 11.6 Å². The number of carbonyl (C=O) groups is 2. The van der Waals surface area contributed by atoms with Gasteiger partial charge in [0.25, 0.3) is 0 Å². The fourth-order valence-corrected chi connectivity index (χ4v) is 3.99. The molecule has 2 N–H and O–H groups in total. The van der Waals surface area contributed by atoms with Gasteiger partial charge in [0, 0.05) is 25.2 Å². The molecule has 0 radical (unpaired) electrons. The van der Waals surface area contributed by atoms with Crippen molar-refractivity contribution in [1.82, 2.24) is 10.2 Å². The molecular formula is C19H23ClN4O2S. The van der Waals surface area contributed by atoms with Crippen molar-refractivity contribution in [2.24, 2.45) is 0 Å². The minimum atomic E-state index is -0.330. The number of hydrogen-bond acceptors (Lipinski definition) is 4. The second kappa shape index (κ2) is 8.73. The van der Waals surface area contributed by atoms with Crippen molar-refractivity contribution in [1.29, 1.82) is 0 Å². The fraction of sp³-hybridized carbons (Fsp3) is 0.368. The molecule has 1 atom stereocenters. The Hall–Kier alpha value is -2.09. The zero-order chi connectivity index (χ0) is 19.4. The van der Waals surface area contributed by atoms with E-state index in [1.165, 1.54) is 0 Å². The molecular weight excluding hydrogens is 384 g/mol. The van der Waals surface area contributed by atoms with E-state index >= 15 is 0 Å². The molecule has 1 fully saturated rings. The maximum absolute atomic E-state index is 12.4. The van der Waals surface area contributed by atoms with Crippen LogP contribution in [-0.2, 0) is 4.79 Å². The summed E-state index contributed by atoms with van der Waals surface area (Å²) in [5, 5.41) is 10.2. The van der Waals surface area contributed by atoms with E-state index in [0.717, 1.165) is 17.7 Å². The summed E-state index contributed by atoms with van der Waals surface area (Å²) in [6.45, 7) is 1.16. The number of nitrogens with one attached hydrogen (secondary N) is 2. The van der Waals surface area contributed by atoms with Crippen LogP contribution >= 0.6 is 22.9 Å². The molecule has 2 heterocycles. The predicted octanol–water partition coefficient (Wildman–Crippen LogP) is 3.95. The molecule has 0 spiro atoms. The number of urea groups is 1. The smallest absolute Gasteiger partial charge is 0.319 e. The van der Waals surface area contributed by atoms with E-state index in [2.05, 4.69) is 27.0 Å². The van der Waals surface area contributed by atoms with E-state index in [9.17, 15) is 9.59 Å². The zero-order valence-corrected chi connectivity index (χ0v) is 16.9. The van der Waals surface area contributed by atoms with E-state index in [0.29, 0.717) is 30.2 Å². The molecule has 1 saturated heterocycles. The number of anilines is 2. The first-order valence-corrected chi connectivity index (χ1v) is 10.1. The molecule has 2 aromatic rings. The maximum atomic E-state index is 12.4. The Morgan fingerprint density at radius 2 is 2.19 bits per heavy atom. The molecule has 1 aliphatic rings. The van der Waals surface area contributed by atoms with E-state index in [4.69, 9.17) is 11.6 Å². The Morgan fingerprint density at radius 1 is 1.37 bits per heavy atom. The van der Waals surface area contributed by atoms with Gasteiger partial charge in [-0.3, -0.25) is 4.79 Å². The quantitative estimate of drug-likeness (QED) is 0.763. The second-order valence-electron chi connectivity index (χ2n) is 6.68. The summed E-state index contributed by atoms with van der Waals surface area (Å²) in [6, 6.07) is 7.06. The Balaban J connectivity index is 1.64. The number of nitrogens with zero attached hydrogens (tertiary/aromatic N) is 2. The summed E-state index contributed by atoms with van der Waals surface area (Å²) >= 11 is 7.86. The number of carbonyl (C=O) groups excluding carboxylic acids is 2. The number of likely N-dealkylation sites (N-methyl/N-ethyl adjacent to an activating group) is 1. The Morgan fingerprint density at radius 3 is 2.81 bits per heavy atom. The summed E-state index contributed by atoms with van der Waals surface area (Å²) < 4.78 is 0. The third kappa shape index (κ3) is 4.80. The molecule has 3 amide bonds. The summed E-state index contributed by atoms with van der Waals surface area (Å²) in [5.74, 6) is 0.0947. The van der Waals surface area contributed by atoms with Crippen molar-refractivity contribution in [3.63, 3.8) is 0 Å².